The fourth-order valence-electron chi connectivity index (χ4n) is 0.931. The molecular formula is C9H7N3O3. The van der Waals surface area contributed by atoms with Crippen LogP contribution in [-0.2, 0) is 9.59 Å². The quantitative estimate of drug-likeness (QED) is 0.417. The predicted molar refractivity (Wildman–Crippen MR) is 51.7 cm³/mol. The Morgan fingerprint density at radius 2 is 1.67 bits per heavy atom. The van der Waals surface area contributed by atoms with Crippen LogP contribution >= 0.6 is 0 Å². The number of benzene rings is 1. The molecule has 0 atom stereocenters. The fraction of sp³-hybridized carbons (Fsp3) is 0.111. The molecular weight excluding hydrogens is 198 g/mol. The van der Waals surface area contributed by atoms with Crippen LogP contribution in [0.2, 0.25) is 0 Å². The van der Waals surface area contributed by atoms with E-state index in [4.69, 9.17) is 4.74 Å². The second-order valence-corrected chi connectivity index (χ2v) is 2.37. The van der Waals surface area contributed by atoms with Gasteiger partial charge in [-0.05, 0) is 24.3 Å². The van der Waals surface area contributed by atoms with Crippen molar-refractivity contribution in [1.29, 1.82) is 0 Å². The highest BCUT2D eigenvalue weighted by molar-refractivity contribution is 5.52. The summed E-state index contributed by atoms with van der Waals surface area (Å²) in [6.45, 7) is 0. The molecule has 15 heavy (non-hydrogen) atoms. The third-order valence-electron chi connectivity index (χ3n) is 1.57. The predicted octanol–water partition coefficient (Wildman–Crippen LogP) is 1.00. The van der Waals surface area contributed by atoms with E-state index in [9.17, 15) is 9.59 Å². The molecule has 6 nitrogen and oxygen atoms in total. The zero-order chi connectivity index (χ0) is 11.1. The Morgan fingerprint density at radius 1 is 1.13 bits per heavy atom. The van der Waals surface area contributed by atoms with Gasteiger partial charge in [-0.1, -0.05) is 10.2 Å². The monoisotopic (exact) mass is 205 g/mol. The maximum atomic E-state index is 10.0. The minimum Gasteiger partial charge on any atom is -0.497 e. The Balaban J connectivity index is 3.00. The molecule has 0 aliphatic carbocycles. The molecule has 0 amide bonds. The summed E-state index contributed by atoms with van der Waals surface area (Å²) in [7, 11) is 1.53. The molecule has 76 valence electrons. The molecule has 0 N–H and O–H groups in total. The van der Waals surface area contributed by atoms with Gasteiger partial charge in [0.25, 0.3) is 12.2 Å². The van der Waals surface area contributed by atoms with Crippen molar-refractivity contribution in [2.24, 2.45) is 10.2 Å². The summed E-state index contributed by atoms with van der Waals surface area (Å²) in [6, 6.07) is 6.45. The number of methoxy groups -OCH3 is 1. The van der Waals surface area contributed by atoms with Gasteiger partial charge in [0.05, 0.1) is 12.8 Å². The number of ether oxygens (including phenoxy) is 1. The minimum absolute atomic E-state index is 0.433. The van der Waals surface area contributed by atoms with E-state index >= 15 is 0 Å². The highest BCUT2D eigenvalue weighted by Crippen LogP contribution is 2.19. The van der Waals surface area contributed by atoms with Gasteiger partial charge in [0.1, 0.15) is 5.75 Å². The highest BCUT2D eigenvalue weighted by atomic mass is 16.5. The number of carbonyl (C=O) groups excluding carboxylic acids is 2. The van der Waals surface area contributed by atoms with Crippen molar-refractivity contribution < 1.29 is 14.3 Å². The van der Waals surface area contributed by atoms with E-state index in [-0.39, 0.29) is 0 Å². The molecule has 0 aromatic heterocycles. The van der Waals surface area contributed by atoms with Crippen LogP contribution in [0.5, 0.6) is 5.75 Å². The van der Waals surface area contributed by atoms with Crippen molar-refractivity contribution in [3.05, 3.63) is 24.3 Å². The molecule has 1 aromatic rings. The summed E-state index contributed by atoms with van der Waals surface area (Å²) < 4.78 is 4.93. The van der Waals surface area contributed by atoms with Crippen LogP contribution < -0.4 is 9.85 Å². The van der Waals surface area contributed by atoms with Gasteiger partial charge in [-0.25, -0.2) is 9.59 Å². The summed E-state index contributed by atoms with van der Waals surface area (Å²) in [6.07, 6.45) is 2.55. The van der Waals surface area contributed by atoms with E-state index in [1.54, 1.807) is 24.3 Å². The van der Waals surface area contributed by atoms with Gasteiger partial charge in [-0.2, -0.15) is 0 Å². The average molecular weight is 205 g/mol. The molecule has 0 aliphatic heterocycles. The smallest absolute Gasteiger partial charge is 0.260 e. The summed E-state index contributed by atoms with van der Waals surface area (Å²) in [5, 5.41) is 7.21. The third-order valence-corrected chi connectivity index (χ3v) is 1.57. The van der Waals surface area contributed by atoms with Crippen molar-refractivity contribution in [3.8, 4) is 5.75 Å². The van der Waals surface area contributed by atoms with Crippen LogP contribution in [0, 0.1) is 0 Å². The molecule has 0 radical (unpaired) electrons. The standard InChI is InChI=1S/C9H7N3O3/c1-15-9-4-2-8(3-5-9)12(10-6-13)11-7-14/h2-5H,1H3. The number of hydrogen-bond donors (Lipinski definition) is 0. The highest BCUT2D eigenvalue weighted by Gasteiger charge is 2.02. The first kappa shape index (κ1) is 10.7. The Kier molecular flexibility index (Phi) is 3.79. The van der Waals surface area contributed by atoms with Gasteiger partial charge < -0.3 is 4.74 Å². The molecule has 6 heteroatoms. The number of hydrazone groups is 2. The van der Waals surface area contributed by atoms with Gasteiger partial charge in [-0.3, -0.25) is 0 Å². The SMILES string of the molecule is COc1ccc(N(N=C=O)N=C=O)cc1. The van der Waals surface area contributed by atoms with Crippen molar-refractivity contribution in [2.45, 2.75) is 0 Å². The van der Waals surface area contributed by atoms with Crippen molar-refractivity contribution in [1.82, 2.24) is 0 Å². The van der Waals surface area contributed by atoms with Crippen molar-refractivity contribution in [3.63, 3.8) is 0 Å². The van der Waals surface area contributed by atoms with Gasteiger partial charge in [0.15, 0.2) is 0 Å². The zero-order valence-electron chi connectivity index (χ0n) is 7.88. The molecule has 0 heterocycles. The van der Waals surface area contributed by atoms with Crippen LogP contribution in [0.4, 0.5) is 5.69 Å². The molecule has 0 aliphatic rings. The molecule has 0 spiro atoms. The first-order valence-electron chi connectivity index (χ1n) is 3.91. The lowest BCUT2D eigenvalue weighted by molar-refractivity contribution is 0.415. The Labute approximate surface area is 85.5 Å². The number of hydrogen-bond acceptors (Lipinski definition) is 6. The third kappa shape index (κ3) is 2.77. The lowest BCUT2D eigenvalue weighted by Gasteiger charge is -2.08. The number of rotatable bonds is 4. The van der Waals surface area contributed by atoms with Crippen LogP contribution in [0.15, 0.2) is 34.5 Å². The Morgan fingerprint density at radius 3 is 2.07 bits per heavy atom. The first-order chi connectivity index (χ1) is 7.31. The van der Waals surface area contributed by atoms with E-state index in [1.807, 2.05) is 0 Å². The summed E-state index contributed by atoms with van der Waals surface area (Å²) >= 11 is 0. The number of nitrogens with zero attached hydrogens (tertiary/aromatic N) is 3. The molecule has 0 bridgehead atoms. The topological polar surface area (TPSA) is 71.3 Å². The second-order valence-electron chi connectivity index (χ2n) is 2.37. The van der Waals surface area contributed by atoms with E-state index in [0.717, 1.165) is 5.12 Å². The number of isocyanates is 2. The van der Waals surface area contributed by atoms with Gasteiger partial charge in [0.2, 0.25) is 0 Å². The summed E-state index contributed by atoms with van der Waals surface area (Å²) in [5.74, 6) is 0.642. The van der Waals surface area contributed by atoms with Crippen LogP contribution in [0.1, 0.15) is 0 Å². The molecule has 1 rings (SSSR count). The lowest BCUT2D eigenvalue weighted by atomic mass is 10.3. The largest absolute Gasteiger partial charge is 0.497 e. The average Bonchev–Trinajstić information content (AvgIpc) is 2.29. The van der Waals surface area contributed by atoms with Gasteiger partial charge >= 0.3 is 0 Å². The fourth-order valence-corrected chi connectivity index (χ4v) is 0.931. The maximum Gasteiger partial charge on any atom is 0.260 e. The van der Waals surface area contributed by atoms with Crippen LogP contribution in [0.25, 0.3) is 0 Å². The van der Waals surface area contributed by atoms with E-state index in [1.165, 1.54) is 19.3 Å². The van der Waals surface area contributed by atoms with Crippen LogP contribution in [0.3, 0.4) is 0 Å². The molecule has 0 saturated carbocycles. The summed E-state index contributed by atoms with van der Waals surface area (Å²) in [4.78, 5) is 20.1. The first-order valence-corrected chi connectivity index (χ1v) is 3.91. The summed E-state index contributed by atoms with van der Waals surface area (Å²) in [5.41, 5.74) is 0.433. The lowest BCUT2D eigenvalue weighted by Crippen LogP contribution is -2.06. The second kappa shape index (κ2) is 5.34. The van der Waals surface area contributed by atoms with E-state index < -0.39 is 0 Å². The molecule has 0 unspecified atom stereocenters. The Bertz CT molecular complexity index is 399. The number of anilines is 1. The van der Waals surface area contributed by atoms with Crippen molar-refractivity contribution >= 4 is 17.8 Å². The van der Waals surface area contributed by atoms with E-state index in [0.29, 0.717) is 11.4 Å². The van der Waals surface area contributed by atoms with Crippen molar-refractivity contribution in [2.75, 3.05) is 12.2 Å². The van der Waals surface area contributed by atoms with Gasteiger partial charge in [0, 0.05) is 0 Å². The molecule has 1 aromatic carbocycles. The Hall–Kier alpha value is -2.42. The maximum absolute atomic E-state index is 10.0. The molecule has 0 fully saturated rings. The van der Waals surface area contributed by atoms with Crippen LogP contribution in [-0.4, -0.2) is 19.3 Å². The zero-order valence-corrected chi connectivity index (χ0v) is 7.88. The normalized spacial score (nSPS) is 8.33. The van der Waals surface area contributed by atoms with E-state index in [2.05, 4.69) is 10.2 Å². The molecule has 0 saturated heterocycles. The van der Waals surface area contributed by atoms with Gasteiger partial charge in [-0.15, -0.1) is 5.12 Å². The minimum atomic E-state index is 0.433.